The molecule has 2 N–H and O–H groups in total. The molecule has 0 aromatic carbocycles. The monoisotopic (exact) mass is 297 g/mol. The molecule has 112 valence electrons. The Kier molecular flexibility index (Phi) is 4.65. The molecule has 6 heteroatoms. The van der Waals surface area contributed by atoms with E-state index in [0.29, 0.717) is 5.82 Å². The SMILES string of the molecule is CCCNc1cc(S(=O)(=O)NC2(C)CCCC2)ccn1. The van der Waals surface area contributed by atoms with Crippen LogP contribution in [0.5, 0.6) is 0 Å². The smallest absolute Gasteiger partial charge is 0.241 e. The van der Waals surface area contributed by atoms with Gasteiger partial charge in [-0.05, 0) is 32.3 Å². The number of hydrogen-bond donors (Lipinski definition) is 2. The Morgan fingerprint density at radius 2 is 2.05 bits per heavy atom. The van der Waals surface area contributed by atoms with Gasteiger partial charge in [0.15, 0.2) is 0 Å². The third-order valence-corrected chi connectivity index (χ3v) is 5.32. The van der Waals surface area contributed by atoms with Crippen molar-refractivity contribution in [2.75, 3.05) is 11.9 Å². The largest absolute Gasteiger partial charge is 0.370 e. The predicted molar refractivity (Wildman–Crippen MR) is 80.2 cm³/mol. The number of nitrogens with one attached hydrogen (secondary N) is 2. The molecule has 20 heavy (non-hydrogen) atoms. The van der Waals surface area contributed by atoms with Crippen molar-refractivity contribution in [1.82, 2.24) is 9.71 Å². The van der Waals surface area contributed by atoms with Crippen LogP contribution in [0.3, 0.4) is 0 Å². The van der Waals surface area contributed by atoms with E-state index >= 15 is 0 Å². The second kappa shape index (κ2) is 6.10. The van der Waals surface area contributed by atoms with E-state index in [1.807, 2.05) is 6.92 Å². The van der Waals surface area contributed by atoms with E-state index in [9.17, 15) is 8.42 Å². The number of hydrogen-bond acceptors (Lipinski definition) is 4. The van der Waals surface area contributed by atoms with Gasteiger partial charge in [0.25, 0.3) is 0 Å². The first kappa shape index (κ1) is 15.3. The van der Waals surface area contributed by atoms with Gasteiger partial charge in [-0.3, -0.25) is 0 Å². The highest BCUT2D eigenvalue weighted by atomic mass is 32.2. The molecule has 0 radical (unpaired) electrons. The molecule has 0 unspecified atom stereocenters. The van der Waals surface area contributed by atoms with Crippen LogP contribution in [-0.2, 0) is 10.0 Å². The van der Waals surface area contributed by atoms with Crippen LogP contribution in [0, 0.1) is 0 Å². The van der Waals surface area contributed by atoms with E-state index in [0.717, 1.165) is 38.6 Å². The summed E-state index contributed by atoms with van der Waals surface area (Å²) in [5.74, 6) is 0.603. The van der Waals surface area contributed by atoms with Crippen molar-refractivity contribution >= 4 is 15.8 Å². The third kappa shape index (κ3) is 3.70. The molecule has 0 spiro atoms. The van der Waals surface area contributed by atoms with Gasteiger partial charge in [0, 0.05) is 24.3 Å². The van der Waals surface area contributed by atoms with Crippen LogP contribution in [0.25, 0.3) is 0 Å². The molecule has 1 saturated carbocycles. The zero-order chi connectivity index (χ0) is 14.6. The fraction of sp³-hybridized carbons (Fsp3) is 0.643. The van der Waals surface area contributed by atoms with Gasteiger partial charge in [0.05, 0.1) is 4.90 Å². The minimum Gasteiger partial charge on any atom is -0.370 e. The Morgan fingerprint density at radius 3 is 2.70 bits per heavy atom. The van der Waals surface area contributed by atoms with Gasteiger partial charge in [-0.1, -0.05) is 19.8 Å². The van der Waals surface area contributed by atoms with Crippen molar-refractivity contribution < 1.29 is 8.42 Å². The van der Waals surface area contributed by atoms with Gasteiger partial charge in [-0.25, -0.2) is 18.1 Å². The van der Waals surface area contributed by atoms with Crippen molar-refractivity contribution in [2.45, 2.75) is 56.4 Å². The summed E-state index contributed by atoms with van der Waals surface area (Å²) in [5, 5.41) is 3.11. The lowest BCUT2D eigenvalue weighted by molar-refractivity contribution is 0.427. The minimum atomic E-state index is -3.48. The molecular formula is C14H23N3O2S. The van der Waals surface area contributed by atoms with Crippen molar-refractivity contribution in [3.05, 3.63) is 18.3 Å². The summed E-state index contributed by atoms with van der Waals surface area (Å²) in [7, 11) is -3.48. The number of nitrogens with zero attached hydrogens (tertiary/aromatic N) is 1. The maximum atomic E-state index is 12.5. The summed E-state index contributed by atoms with van der Waals surface area (Å²) >= 11 is 0. The quantitative estimate of drug-likeness (QED) is 0.846. The van der Waals surface area contributed by atoms with Crippen LogP contribution in [0.4, 0.5) is 5.82 Å². The number of rotatable bonds is 6. The fourth-order valence-corrected chi connectivity index (χ4v) is 4.05. The van der Waals surface area contributed by atoms with E-state index < -0.39 is 10.0 Å². The second-order valence-corrected chi connectivity index (χ2v) is 7.36. The molecule has 1 heterocycles. The normalized spacial score (nSPS) is 18.1. The van der Waals surface area contributed by atoms with Gasteiger partial charge in [-0.15, -0.1) is 0 Å². The maximum Gasteiger partial charge on any atom is 0.241 e. The molecule has 1 fully saturated rings. The Morgan fingerprint density at radius 1 is 1.35 bits per heavy atom. The highest BCUT2D eigenvalue weighted by Gasteiger charge is 2.33. The molecule has 1 aliphatic carbocycles. The summed E-state index contributed by atoms with van der Waals surface area (Å²) in [4.78, 5) is 4.41. The number of pyridine rings is 1. The van der Waals surface area contributed by atoms with Gasteiger partial charge < -0.3 is 5.32 Å². The van der Waals surface area contributed by atoms with Crippen LogP contribution in [0.15, 0.2) is 23.2 Å². The molecular weight excluding hydrogens is 274 g/mol. The zero-order valence-corrected chi connectivity index (χ0v) is 13.0. The summed E-state index contributed by atoms with van der Waals surface area (Å²) in [5.41, 5.74) is -0.306. The first-order valence-corrected chi connectivity index (χ1v) is 8.67. The van der Waals surface area contributed by atoms with Gasteiger partial charge in [0.2, 0.25) is 10.0 Å². The minimum absolute atomic E-state index is 0.277. The fourth-order valence-electron chi connectivity index (χ4n) is 2.57. The predicted octanol–water partition coefficient (Wildman–Crippen LogP) is 2.51. The van der Waals surface area contributed by atoms with Crippen molar-refractivity contribution in [1.29, 1.82) is 0 Å². The molecule has 0 bridgehead atoms. The Hall–Kier alpha value is -1.14. The lowest BCUT2D eigenvalue weighted by Gasteiger charge is -2.25. The summed E-state index contributed by atoms with van der Waals surface area (Å²) < 4.78 is 27.8. The van der Waals surface area contributed by atoms with Crippen LogP contribution in [-0.4, -0.2) is 25.5 Å². The van der Waals surface area contributed by atoms with Crippen molar-refractivity contribution in [2.24, 2.45) is 0 Å². The van der Waals surface area contributed by atoms with E-state index in [2.05, 4.69) is 21.9 Å². The van der Waals surface area contributed by atoms with Crippen LogP contribution in [0.1, 0.15) is 46.0 Å². The van der Waals surface area contributed by atoms with Gasteiger partial charge >= 0.3 is 0 Å². The number of anilines is 1. The lowest BCUT2D eigenvalue weighted by atomic mass is 10.0. The topological polar surface area (TPSA) is 71.1 Å². The van der Waals surface area contributed by atoms with Crippen LogP contribution < -0.4 is 10.0 Å². The maximum absolute atomic E-state index is 12.5. The average molecular weight is 297 g/mol. The standard InChI is InChI=1S/C14H23N3O2S/c1-3-9-15-13-11-12(6-10-16-13)20(18,19)17-14(2)7-4-5-8-14/h6,10-11,17H,3-5,7-9H2,1-2H3,(H,15,16). The Balaban J connectivity index is 2.16. The highest BCUT2D eigenvalue weighted by molar-refractivity contribution is 7.89. The highest BCUT2D eigenvalue weighted by Crippen LogP contribution is 2.30. The van der Waals surface area contributed by atoms with E-state index in [1.165, 1.54) is 12.3 Å². The lowest BCUT2D eigenvalue weighted by Crippen LogP contribution is -2.43. The number of sulfonamides is 1. The number of aromatic nitrogens is 1. The molecule has 1 aliphatic rings. The Bertz CT molecular complexity index is 551. The average Bonchev–Trinajstić information content (AvgIpc) is 2.82. The second-order valence-electron chi connectivity index (χ2n) is 5.68. The third-order valence-electron chi connectivity index (χ3n) is 3.69. The van der Waals surface area contributed by atoms with Crippen LogP contribution >= 0.6 is 0 Å². The molecule has 1 aromatic rings. The zero-order valence-electron chi connectivity index (χ0n) is 12.1. The molecule has 0 atom stereocenters. The molecule has 5 nitrogen and oxygen atoms in total. The molecule has 0 saturated heterocycles. The first-order chi connectivity index (χ1) is 9.45. The van der Waals surface area contributed by atoms with E-state index in [-0.39, 0.29) is 10.4 Å². The molecule has 0 aliphatic heterocycles. The van der Waals surface area contributed by atoms with E-state index in [1.54, 1.807) is 6.07 Å². The van der Waals surface area contributed by atoms with Crippen molar-refractivity contribution in [3.63, 3.8) is 0 Å². The summed E-state index contributed by atoms with van der Waals surface area (Å²) in [6.45, 7) is 4.81. The van der Waals surface area contributed by atoms with Gasteiger partial charge in [0.1, 0.15) is 5.82 Å². The summed E-state index contributed by atoms with van der Waals surface area (Å²) in [6, 6.07) is 3.13. The molecule has 1 aromatic heterocycles. The molecule has 0 amide bonds. The first-order valence-electron chi connectivity index (χ1n) is 7.19. The van der Waals surface area contributed by atoms with Crippen LogP contribution in [0.2, 0.25) is 0 Å². The summed E-state index contributed by atoms with van der Waals surface area (Å²) in [6.07, 6.45) is 6.46. The van der Waals surface area contributed by atoms with Gasteiger partial charge in [-0.2, -0.15) is 0 Å². The van der Waals surface area contributed by atoms with E-state index in [4.69, 9.17) is 0 Å². The van der Waals surface area contributed by atoms with Crippen molar-refractivity contribution in [3.8, 4) is 0 Å². The molecule has 2 rings (SSSR count). The Labute approximate surface area is 121 Å².